The van der Waals surface area contributed by atoms with Crippen molar-refractivity contribution in [1.82, 2.24) is 0 Å². The van der Waals surface area contributed by atoms with Crippen molar-refractivity contribution < 1.29 is 4.79 Å². The fourth-order valence-electron chi connectivity index (χ4n) is 2.18. The number of hydrogen-bond acceptors (Lipinski definition) is 3. The Balaban J connectivity index is 1.80. The predicted octanol–water partition coefficient (Wildman–Crippen LogP) is 4.12. The molecular weight excluding hydrogens is 324 g/mol. The van der Waals surface area contributed by atoms with Crippen LogP contribution in [-0.4, -0.2) is 12.5 Å². The molecule has 1 aliphatic heterocycles. The molecule has 0 fully saturated rings. The number of carbonyl (C=O) groups excluding carboxylic acids is 1. The maximum atomic E-state index is 12.1. The van der Waals surface area contributed by atoms with Crippen molar-refractivity contribution in [3.63, 3.8) is 0 Å². The van der Waals surface area contributed by atoms with Crippen LogP contribution in [-0.2, 0) is 6.42 Å². The third kappa shape index (κ3) is 2.67. The minimum atomic E-state index is -0.0716. The molecule has 1 amide bonds. The number of fused-ring (bicyclic) bond motifs is 1. The lowest BCUT2D eigenvalue weighted by Crippen LogP contribution is -2.14. The molecule has 98 valence electrons. The quantitative estimate of drug-likeness (QED) is 0.865. The van der Waals surface area contributed by atoms with Crippen LogP contribution in [0.2, 0.25) is 0 Å². The molecule has 1 aliphatic rings. The second-order valence-electron chi connectivity index (χ2n) is 4.45. The van der Waals surface area contributed by atoms with E-state index < -0.39 is 0 Å². The van der Waals surface area contributed by atoms with Crippen molar-refractivity contribution in [2.24, 2.45) is 0 Å². The highest BCUT2D eigenvalue weighted by molar-refractivity contribution is 9.10. The highest BCUT2D eigenvalue weighted by Crippen LogP contribution is 2.27. The van der Waals surface area contributed by atoms with Gasteiger partial charge in [-0.05, 0) is 57.9 Å². The van der Waals surface area contributed by atoms with Crippen LogP contribution in [0, 0.1) is 0 Å². The summed E-state index contributed by atoms with van der Waals surface area (Å²) in [6, 6.07) is 7.94. The van der Waals surface area contributed by atoms with E-state index in [0.717, 1.165) is 28.8 Å². The molecule has 3 rings (SSSR count). The highest BCUT2D eigenvalue weighted by atomic mass is 79.9. The molecule has 0 atom stereocenters. The van der Waals surface area contributed by atoms with Gasteiger partial charge < -0.3 is 10.6 Å². The molecule has 0 bridgehead atoms. The number of aryl methyl sites for hydroxylation is 1. The van der Waals surface area contributed by atoms with Crippen LogP contribution in [0.3, 0.4) is 0 Å². The second-order valence-corrected chi connectivity index (χ2v) is 6.22. The van der Waals surface area contributed by atoms with Gasteiger partial charge in [0.1, 0.15) is 4.88 Å². The Morgan fingerprint density at radius 3 is 3.05 bits per heavy atom. The minimum absolute atomic E-state index is 0.0716. The van der Waals surface area contributed by atoms with E-state index in [1.807, 2.05) is 23.6 Å². The summed E-state index contributed by atoms with van der Waals surface area (Å²) >= 11 is 4.81. The minimum Gasteiger partial charge on any atom is -0.385 e. The zero-order valence-corrected chi connectivity index (χ0v) is 12.6. The molecule has 2 aromatic rings. The van der Waals surface area contributed by atoms with Gasteiger partial charge in [0, 0.05) is 22.4 Å². The molecule has 2 heterocycles. The van der Waals surface area contributed by atoms with Gasteiger partial charge in [-0.3, -0.25) is 4.79 Å². The van der Waals surface area contributed by atoms with Crippen molar-refractivity contribution in [2.75, 3.05) is 17.2 Å². The van der Waals surface area contributed by atoms with Gasteiger partial charge in [-0.2, -0.15) is 0 Å². The summed E-state index contributed by atoms with van der Waals surface area (Å²) in [5.41, 5.74) is 3.29. The molecule has 5 heteroatoms. The van der Waals surface area contributed by atoms with Crippen LogP contribution in [0.4, 0.5) is 11.4 Å². The van der Waals surface area contributed by atoms with Crippen molar-refractivity contribution in [3.8, 4) is 0 Å². The summed E-state index contributed by atoms with van der Waals surface area (Å²) in [4.78, 5) is 12.8. The van der Waals surface area contributed by atoms with Crippen LogP contribution >= 0.6 is 27.3 Å². The van der Waals surface area contributed by atoms with E-state index in [-0.39, 0.29) is 5.91 Å². The van der Waals surface area contributed by atoms with Gasteiger partial charge >= 0.3 is 0 Å². The van der Waals surface area contributed by atoms with Gasteiger partial charge in [-0.15, -0.1) is 11.3 Å². The normalized spacial score (nSPS) is 13.5. The summed E-state index contributed by atoms with van der Waals surface area (Å²) in [5.74, 6) is -0.0716. The zero-order valence-electron chi connectivity index (χ0n) is 10.2. The molecule has 1 aromatic heterocycles. The first-order valence-corrected chi connectivity index (χ1v) is 7.82. The first kappa shape index (κ1) is 12.7. The first-order chi connectivity index (χ1) is 9.24. The maximum absolute atomic E-state index is 12.1. The zero-order chi connectivity index (χ0) is 13.2. The van der Waals surface area contributed by atoms with Crippen LogP contribution < -0.4 is 10.6 Å². The largest absolute Gasteiger partial charge is 0.385 e. The maximum Gasteiger partial charge on any atom is 0.266 e. The SMILES string of the molecule is O=C(Nc1ccc2c(c1)NCCC2)c1sccc1Br. The summed E-state index contributed by atoms with van der Waals surface area (Å²) < 4.78 is 0.839. The molecule has 0 aliphatic carbocycles. The Kier molecular flexibility index (Phi) is 3.57. The van der Waals surface area contributed by atoms with Crippen molar-refractivity contribution >= 4 is 44.5 Å². The lowest BCUT2D eigenvalue weighted by Gasteiger charge is -2.18. The van der Waals surface area contributed by atoms with Gasteiger partial charge in [0.05, 0.1) is 0 Å². The van der Waals surface area contributed by atoms with Crippen molar-refractivity contribution in [2.45, 2.75) is 12.8 Å². The fraction of sp³-hybridized carbons (Fsp3) is 0.214. The average molecular weight is 337 g/mol. The van der Waals surface area contributed by atoms with E-state index in [9.17, 15) is 4.79 Å². The Bertz CT molecular complexity index is 624. The van der Waals surface area contributed by atoms with E-state index in [0.29, 0.717) is 4.88 Å². The van der Waals surface area contributed by atoms with Crippen LogP contribution in [0.25, 0.3) is 0 Å². The van der Waals surface area contributed by atoms with E-state index in [1.54, 1.807) is 0 Å². The van der Waals surface area contributed by atoms with Gasteiger partial charge in [0.2, 0.25) is 0 Å². The molecule has 3 nitrogen and oxygen atoms in total. The van der Waals surface area contributed by atoms with Crippen molar-refractivity contribution in [3.05, 3.63) is 44.6 Å². The Morgan fingerprint density at radius 2 is 2.26 bits per heavy atom. The summed E-state index contributed by atoms with van der Waals surface area (Å²) in [5, 5.41) is 8.20. The van der Waals surface area contributed by atoms with Gasteiger partial charge in [-0.1, -0.05) is 6.07 Å². The number of thiophene rings is 1. The monoisotopic (exact) mass is 336 g/mol. The molecule has 0 saturated heterocycles. The predicted molar refractivity (Wildman–Crippen MR) is 83.2 cm³/mol. The van der Waals surface area contributed by atoms with Crippen LogP contribution in [0.5, 0.6) is 0 Å². The van der Waals surface area contributed by atoms with Gasteiger partial charge in [0.15, 0.2) is 0 Å². The van der Waals surface area contributed by atoms with E-state index in [2.05, 4.69) is 32.6 Å². The standard InChI is InChI=1S/C14H13BrN2OS/c15-11-5-7-19-13(11)14(18)17-10-4-3-9-2-1-6-16-12(9)8-10/h3-5,7-8,16H,1-2,6H2,(H,17,18). The summed E-state index contributed by atoms with van der Waals surface area (Å²) in [6.45, 7) is 1.00. The molecular formula is C14H13BrN2OS. The topological polar surface area (TPSA) is 41.1 Å². The number of nitrogens with one attached hydrogen (secondary N) is 2. The smallest absolute Gasteiger partial charge is 0.266 e. The lowest BCUT2D eigenvalue weighted by molar-refractivity contribution is 0.103. The molecule has 2 N–H and O–H groups in total. The fourth-order valence-corrected chi connectivity index (χ4v) is 3.63. The van der Waals surface area contributed by atoms with E-state index in [1.165, 1.54) is 23.3 Å². The lowest BCUT2D eigenvalue weighted by atomic mass is 10.0. The Morgan fingerprint density at radius 1 is 1.37 bits per heavy atom. The van der Waals surface area contributed by atoms with Gasteiger partial charge in [-0.25, -0.2) is 0 Å². The molecule has 1 aromatic carbocycles. The highest BCUT2D eigenvalue weighted by Gasteiger charge is 2.13. The first-order valence-electron chi connectivity index (χ1n) is 6.15. The van der Waals surface area contributed by atoms with Crippen LogP contribution in [0.15, 0.2) is 34.1 Å². The number of rotatable bonds is 2. The van der Waals surface area contributed by atoms with Crippen molar-refractivity contribution in [1.29, 1.82) is 0 Å². The second kappa shape index (κ2) is 5.35. The number of amides is 1. The Hall–Kier alpha value is -1.33. The number of carbonyl (C=O) groups is 1. The van der Waals surface area contributed by atoms with Gasteiger partial charge in [0.25, 0.3) is 5.91 Å². The van der Waals surface area contributed by atoms with E-state index in [4.69, 9.17) is 0 Å². The average Bonchev–Trinajstić information content (AvgIpc) is 2.85. The summed E-state index contributed by atoms with van der Waals surface area (Å²) in [6.07, 6.45) is 2.27. The molecule has 0 saturated carbocycles. The number of halogens is 1. The Labute approximate surface area is 124 Å². The molecule has 0 radical (unpaired) electrons. The molecule has 19 heavy (non-hydrogen) atoms. The third-order valence-electron chi connectivity index (χ3n) is 3.13. The molecule has 0 unspecified atom stereocenters. The summed E-state index contributed by atoms with van der Waals surface area (Å²) in [7, 11) is 0. The van der Waals surface area contributed by atoms with E-state index >= 15 is 0 Å². The number of hydrogen-bond donors (Lipinski definition) is 2. The molecule has 0 spiro atoms. The van der Waals surface area contributed by atoms with Crippen LogP contribution in [0.1, 0.15) is 21.7 Å². The number of anilines is 2. The third-order valence-corrected chi connectivity index (χ3v) is 4.97. The number of benzene rings is 1.